The number of carbonyl (C=O) groups is 1. The average molecular weight is 300 g/mol. The molecule has 2 heterocycles. The molecule has 2 aromatic rings. The highest BCUT2D eigenvalue weighted by Crippen LogP contribution is 2.22. The van der Waals surface area contributed by atoms with Gasteiger partial charge in [0.1, 0.15) is 5.82 Å². The van der Waals surface area contributed by atoms with Crippen molar-refractivity contribution in [3.05, 3.63) is 24.0 Å². The molecule has 1 saturated heterocycles. The Hall–Kier alpha value is -1.88. The third-order valence-corrected chi connectivity index (χ3v) is 4.55. The lowest BCUT2D eigenvalue weighted by Crippen LogP contribution is -2.37. The number of benzene rings is 1. The van der Waals surface area contributed by atoms with Crippen LogP contribution in [0.4, 0.5) is 5.69 Å². The largest absolute Gasteiger partial charge is 0.328 e. The summed E-state index contributed by atoms with van der Waals surface area (Å²) >= 11 is 0. The number of likely N-dealkylation sites (N-methyl/N-ethyl adjacent to an activating group) is 1. The summed E-state index contributed by atoms with van der Waals surface area (Å²) in [5, 5.41) is 3.04. The van der Waals surface area contributed by atoms with Gasteiger partial charge in [0, 0.05) is 18.7 Å². The summed E-state index contributed by atoms with van der Waals surface area (Å²) in [4.78, 5) is 19.2. The molecule has 5 heteroatoms. The van der Waals surface area contributed by atoms with Crippen LogP contribution in [0.3, 0.4) is 0 Å². The number of carbonyl (C=O) groups excluding carboxylic acids is 1. The van der Waals surface area contributed by atoms with Crippen LogP contribution >= 0.6 is 0 Å². The highest BCUT2D eigenvalue weighted by atomic mass is 16.2. The summed E-state index contributed by atoms with van der Waals surface area (Å²) in [6.45, 7) is 6.16. The molecule has 1 aromatic heterocycles. The quantitative estimate of drug-likeness (QED) is 0.944. The van der Waals surface area contributed by atoms with Crippen LogP contribution in [0.1, 0.15) is 32.5 Å². The smallest absolute Gasteiger partial charge is 0.241 e. The number of fused-ring (bicyclic) bond motifs is 1. The zero-order valence-corrected chi connectivity index (χ0v) is 13.6. The molecule has 22 heavy (non-hydrogen) atoms. The molecule has 1 aliphatic heterocycles. The normalized spacial score (nSPS) is 19.0. The van der Waals surface area contributed by atoms with E-state index >= 15 is 0 Å². The van der Waals surface area contributed by atoms with Crippen molar-refractivity contribution in [3.63, 3.8) is 0 Å². The third-order valence-electron chi connectivity index (χ3n) is 4.55. The summed E-state index contributed by atoms with van der Waals surface area (Å²) in [6, 6.07) is 6.00. The third kappa shape index (κ3) is 2.61. The van der Waals surface area contributed by atoms with Gasteiger partial charge in [-0.15, -0.1) is 0 Å². The maximum Gasteiger partial charge on any atom is 0.241 e. The summed E-state index contributed by atoms with van der Waals surface area (Å²) in [6.07, 6.45) is 2.94. The van der Waals surface area contributed by atoms with Crippen molar-refractivity contribution in [3.8, 4) is 0 Å². The summed E-state index contributed by atoms with van der Waals surface area (Å²) in [7, 11) is 2.01. The molecular formula is C17H24N4O. The Balaban J connectivity index is 1.84. The Labute approximate surface area is 131 Å². The minimum atomic E-state index is -0.00454. The van der Waals surface area contributed by atoms with Crippen molar-refractivity contribution in [1.82, 2.24) is 14.5 Å². The first kappa shape index (κ1) is 15.0. The number of imidazole rings is 1. The van der Waals surface area contributed by atoms with E-state index in [1.165, 1.54) is 0 Å². The van der Waals surface area contributed by atoms with Gasteiger partial charge in [-0.3, -0.25) is 9.69 Å². The molecule has 1 aliphatic rings. The number of aryl methyl sites for hydroxylation is 2. The Bertz CT molecular complexity index is 691. The van der Waals surface area contributed by atoms with Crippen LogP contribution in [0.5, 0.6) is 0 Å². The van der Waals surface area contributed by atoms with E-state index in [4.69, 9.17) is 0 Å². The molecule has 1 fully saturated rings. The fourth-order valence-electron chi connectivity index (χ4n) is 3.35. The van der Waals surface area contributed by atoms with Crippen LogP contribution in [0.25, 0.3) is 11.0 Å². The van der Waals surface area contributed by atoms with Gasteiger partial charge >= 0.3 is 0 Å². The number of rotatable bonds is 4. The topological polar surface area (TPSA) is 50.2 Å². The van der Waals surface area contributed by atoms with E-state index < -0.39 is 0 Å². The van der Waals surface area contributed by atoms with Crippen molar-refractivity contribution in [2.45, 2.75) is 45.7 Å². The molecule has 0 radical (unpaired) electrons. The van der Waals surface area contributed by atoms with Crippen LogP contribution in [0, 0.1) is 0 Å². The second kappa shape index (κ2) is 6.08. The van der Waals surface area contributed by atoms with E-state index in [2.05, 4.69) is 39.7 Å². The monoisotopic (exact) mass is 300 g/mol. The molecule has 118 valence electrons. The van der Waals surface area contributed by atoms with E-state index in [0.29, 0.717) is 0 Å². The molecule has 3 rings (SSSR count). The molecule has 0 unspecified atom stereocenters. The second-order valence-electron chi connectivity index (χ2n) is 5.96. The second-order valence-corrected chi connectivity index (χ2v) is 5.96. The van der Waals surface area contributed by atoms with Crippen molar-refractivity contribution < 1.29 is 4.79 Å². The number of aromatic nitrogens is 2. The molecule has 1 amide bonds. The number of anilines is 1. The van der Waals surface area contributed by atoms with Crippen LogP contribution in [-0.4, -0.2) is 40.0 Å². The first-order chi connectivity index (χ1) is 10.6. The average Bonchev–Trinajstić information content (AvgIpc) is 3.09. The fourth-order valence-corrected chi connectivity index (χ4v) is 3.35. The van der Waals surface area contributed by atoms with Gasteiger partial charge in [-0.05, 0) is 51.6 Å². The number of hydrogen-bond donors (Lipinski definition) is 1. The van der Waals surface area contributed by atoms with E-state index in [9.17, 15) is 4.79 Å². The van der Waals surface area contributed by atoms with Crippen molar-refractivity contribution >= 4 is 22.6 Å². The Morgan fingerprint density at radius 2 is 2.23 bits per heavy atom. The van der Waals surface area contributed by atoms with Crippen LogP contribution < -0.4 is 5.32 Å². The fraction of sp³-hybridized carbons (Fsp3) is 0.529. The van der Waals surface area contributed by atoms with Gasteiger partial charge in [-0.25, -0.2) is 4.98 Å². The predicted octanol–water partition coefficient (Wildman–Crippen LogP) is 2.65. The van der Waals surface area contributed by atoms with Gasteiger partial charge < -0.3 is 9.88 Å². The molecule has 5 nitrogen and oxygen atoms in total. The van der Waals surface area contributed by atoms with Gasteiger partial charge in [-0.1, -0.05) is 6.92 Å². The van der Waals surface area contributed by atoms with Gasteiger partial charge in [0.25, 0.3) is 0 Å². The molecule has 1 aromatic carbocycles. The van der Waals surface area contributed by atoms with Crippen molar-refractivity contribution in [2.24, 2.45) is 0 Å². The lowest BCUT2D eigenvalue weighted by atomic mass is 10.2. The summed E-state index contributed by atoms with van der Waals surface area (Å²) in [5.41, 5.74) is 2.92. The van der Waals surface area contributed by atoms with E-state index in [1.54, 1.807) is 0 Å². The lowest BCUT2D eigenvalue weighted by Gasteiger charge is -2.18. The van der Waals surface area contributed by atoms with Crippen LogP contribution in [0.2, 0.25) is 0 Å². The molecular weight excluding hydrogens is 276 g/mol. The van der Waals surface area contributed by atoms with Crippen LogP contribution in [0.15, 0.2) is 18.2 Å². The predicted molar refractivity (Wildman–Crippen MR) is 89.1 cm³/mol. The Morgan fingerprint density at radius 1 is 1.41 bits per heavy atom. The molecule has 1 atom stereocenters. The molecule has 0 aliphatic carbocycles. The molecule has 0 bridgehead atoms. The number of nitrogens with one attached hydrogen (secondary N) is 1. The first-order valence-electron chi connectivity index (χ1n) is 8.14. The van der Waals surface area contributed by atoms with E-state index in [-0.39, 0.29) is 11.9 Å². The van der Waals surface area contributed by atoms with E-state index in [1.807, 2.05) is 19.2 Å². The maximum atomic E-state index is 12.4. The van der Waals surface area contributed by atoms with Gasteiger partial charge in [0.05, 0.1) is 17.1 Å². The molecule has 1 N–H and O–H groups in total. The standard InChI is InChI=1S/C17H24N4O/c1-4-16-19-13-11-12(8-9-14(13)21(16)5-2)18-17(22)15-7-6-10-20(15)3/h8-9,11,15H,4-7,10H2,1-3H3,(H,18,22)/t15-/m0/s1. The van der Waals surface area contributed by atoms with Gasteiger partial charge in [0.2, 0.25) is 5.91 Å². The Morgan fingerprint density at radius 3 is 2.86 bits per heavy atom. The van der Waals surface area contributed by atoms with Crippen molar-refractivity contribution in [2.75, 3.05) is 18.9 Å². The molecule has 0 saturated carbocycles. The lowest BCUT2D eigenvalue weighted by molar-refractivity contribution is -0.119. The van der Waals surface area contributed by atoms with Gasteiger partial charge in [-0.2, -0.15) is 0 Å². The number of likely N-dealkylation sites (tertiary alicyclic amines) is 1. The highest BCUT2D eigenvalue weighted by molar-refractivity contribution is 5.96. The summed E-state index contributed by atoms with van der Waals surface area (Å²) < 4.78 is 2.23. The SMILES string of the molecule is CCc1nc2cc(NC(=O)[C@@H]3CCCN3C)ccc2n1CC. The van der Waals surface area contributed by atoms with Crippen LogP contribution in [-0.2, 0) is 17.8 Å². The zero-order valence-electron chi connectivity index (χ0n) is 13.6. The number of hydrogen-bond acceptors (Lipinski definition) is 3. The first-order valence-corrected chi connectivity index (χ1v) is 8.14. The Kier molecular flexibility index (Phi) is 4.16. The van der Waals surface area contributed by atoms with E-state index in [0.717, 1.165) is 54.9 Å². The zero-order chi connectivity index (χ0) is 15.7. The minimum Gasteiger partial charge on any atom is -0.328 e. The number of nitrogens with zero attached hydrogens (tertiary/aromatic N) is 3. The highest BCUT2D eigenvalue weighted by Gasteiger charge is 2.27. The molecule has 0 spiro atoms. The minimum absolute atomic E-state index is 0.00454. The number of amides is 1. The maximum absolute atomic E-state index is 12.4. The van der Waals surface area contributed by atoms with Gasteiger partial charge in [0.15, 0.2) is 0 Å². The summed E-state index contributed by atoms with van der Waals surface area (Å²) in [5.74, 6) is 1.18. The van der Waals surface area contributed by atoms with Crippen molar-refractivity contribution in [1.29, 1.82) is 0 Å².